The predicted molar refractivity (Wildman–Crippen MR) is 97.6 cm³/mol. The Bertz CT molecular complexity index is 241. The van der Waals surface area contributed by atoms with Crippen LogP contribution in [0, 0.1) is 0 Å². The Balaban J connectivity index is 3.13. The van der Waals surface area contributed by atoms with E-state index >= 15 is 0 Å². The first-order valence-corrected chi connectivity index (χ1v) is 10.1. The number of unbranched alkanes of at least 4 members (excludes halogenated alkanes) is 13. The minimum Gasteiger partial charge on any atom is -0.466 e. The molecule has 0 saturated heterocycles. The van der Waals surface area contributed by atoms with Gasteiger partial charge in [0, 0.05) is 13.0 Å². The van der Waals surface area contributed by atoms with Gasteiger partial charge in [-0.2, -0.15) is 0 Å². The van der Waals surface area contributed by atoms with E-state index in [0.717, 1.165) is 32.1 Å². The summed E-state index contributed by atoms with van der Waals surface area (Å²) in [4.78, 5) is 11.6. The molecule has 0 radical (unpaired) electrons. The molecule has 0 spiro atoms. The van der Waals surface area contributed by atoms with E-state index < -0.39 is 0 Å². The molecule has 0 atom stereocenters. The van der Waals surface area contributed by atoms with Gasteiger partial charge < -0.3 is 9.84 Å². The zero-order valence-electron chi connectivity index (χ0n) is 15.5. The predicted octanol–water partition coefficient (Wildman–Crippen LogP) is 5.78. The first-order chi connectivity index (χ1) is 11.3. The molecule has 1 N–H and O–H groups in total. The molecule has 3 heteroatoms. The second kappa shape index (κ2) is 19.5. The highest BCUT2D eigenvalue weighted by Crippen LogP contribution is 2.10. The van der Waals surface area contributed by atoms with Crippen LogP contribution < -0.4 is 0 Å². The van der Waals surface area contributed by atoms with Crippen molar-refractivity contribution >= 4 is 5.97 Å². The fourth-order valence-electron chi connectivity index (χ4n) is 2.76. The molecule has 0 amide bonds. The van der Waals surface area contributed by atoms with Crippen molar-refractivity contribution in [2.45, 2.75) is 110 Å². The fourth-order valence-corrected chi connectivity index (χ4v) is 2.76. The SMILES string of the molecule is CCCCCCCCCOC(=O)CCCCCCCCCCO. The highest BCUT2D eigenvalue weighted by Gasteiger charge is 2.02. The molecule has 0 fully saturated rings. The molecule has 138 valence electrons. The standard InChI is InChI=1S/C20H40O3/c1-2-3-4-5-10-13-16-19-23-20(22)17-14-11-8-6-7-9-12-15-18-21/h21H,2-19H2,1H3. The van der Waals surface area contributed by atoms with Crippen molar-refractivity contribution in [1.82, 2.24) is 0 Å². The Morgan fingerprint density at radius 3 is 1.74 bits per heavy atom. The van der Waals surface area contributed by atoms with Crippen molar-refractivity contribution in [2.24, 2.45) is 0 Å². The summed E-state index contributed by atoms with van der Waals surface area (Å²) in [6.07, 6.45) is 18.5. The van der Waals surface area contributed by atoms with Gasteiger partial charge in [0.05, 0.1) is 6.61 Å². The van der Waals surface area contributed by atoms with Crippen molar-refractivity contribution < 1.29 is 14.6 Å². The second-order valence-corrected chi connectivity index (χ2v) is 6.64. The van der Waals surface area contributed by atoms with Gasteiger partial charge in [-0.05, 0) is 19.3 Å². The second-order valence-electron chi connectivity index (χ2n) is 6.64. The van der Waals surface area contributed by atoms with Gasteiger partial charge in [-0.25, -0.2) is 0 Å². The van der Waals surface area contributed by atoms with Crippen LogP contribution in [0.15, 0.2) is 0 Å². The highest BCUT2D eigenvalue weighted by atomic mass is 16.5. The van der Waals surface area contributed by atoms with Crippen LogP contribution in [0.25, 0.3) is 0 Å². The number of hydrogen-bond acceptors (Lipinski definition) is 3. The van der Waals surface area contributed by atoms with E-state index in [1.165, 1.54) is 64.2 Å². The van der Waals surface area contributed by atoms with E-state index in [9.17, 15) is 4.79 Å². The summed E-state index contributed by atoms with van der Waals surface area (Å²) in [6.45, 7) is 3.16. The molecule has 0 aliphatic rings. The average molecular weight is 329 g/mol. The van der Waals surface area contributed by atoms with E-state index in [0.29, 0.717) is 19.6 Å². The third kappa shape index (κ3) is 19.4. The summed E-state index contributed by atoms with van der Waals surface area (Å²) in [6, 6.07) is 0. The van der Waals surface area contributed by atoms with Gasteiger partial charge in [-0.3, -0.25) is 4.79 Å². The number of carbonyl (C=O) groups is 1. The summed E-state index contributed by atoms with van der Waals surface area (Å²) < 4.78 is 5.28. The van der Waals surface area contributed by atoms with Crippen LogP contribution in [0.3, 0.4) is 0 Å². The van der Waals surface area contributed by atoms with Crippen LogP contribution >= 0.6 is 0 Å². The number of aliphatic hydroxyl groups excluding tert-OH is 1. The lowest BCUT2D eigenvalue weighted by molar-refractivity contribution is -0.143. The molecule has 0 saturated carbocycles. The van der Waals surface area contributed by atoms with Crippen molar-refractivity contribution in [3.05, 3.63) is 0 Å². The van der Waals surface area contributed by atoms with Crippen molar-refractivity contribution in [1.29, 1.82) is 0 Å². The lowest BCUT2D eigenvalue weighted by atomic mass is 10.1. The summed E-state index contributed by atoms with van der Waals surface area (Å²) in [7, 11) is 0. The third-order valence-electron chi connectivity index (χ3n) is 4.30. The molecule has 0 heterocycles. The van der Waals surface area contributed by atoms with Crippen LogP contribution in [0.1, 0.15) is 110 Å². The molecule has 0 rings (SSSR count). The van der Waals surface area contributed by atoms with E-state index in [2.05, 4.69) is 6.92 Å². The Morgan fingerprint density at radius 2 is 1.17 bits per heavy atom. The number of hydrogen-bond donors (Lipinski definition) is 1. The topological polar surface area (TPSA) is 46.5 Å². The largest absolute Gasteiger partial charge is 0.466 e. The average Bonchev–Trinajstić information content (AvgIpc) is 2.56. The zero-order valence-corrected chi connectivity index (χ0v) is 15.5. The number of carbonyl (C=O) groups excluding carboxylic acids is 1. The first kappa shape index (κ1) is 22.4. The maximum absolute atomic E-state index is 11.6. The number of rotatable bonds is 18. The van der Waals surface area contributed by atoms with E-state index in [-0.39, 0.29) is 5.97 Å². The van der Waals surface area contributed by atoms with Crippen LogP contribution in [0.4, 0.5) is 0 Å². The Labute approximate surface area is 144 Å². The molecule has 0 aromatic rings. The molecule has 0 bridgehead atoms. The molecule has 0 aromatic heterocycles. The van der Waals surface area contributed by atoms with Crippen molar-refractivity contribution in [2.75, 3.05) is 13.2 Å². The van der Waals surface area contributed by atoms with Crippen LogP contribution in [0.5, 0.6) is 0 Å². The van der Waals surface area contributed by atoms with Gasteiger partial charge in [0.1, 0.15) is 0 Å². The smallest absolute Gasteiger partial charge is 0.305 e. The van der Waals surface area contributed by atoms with Gasteiger partial charge in [0.15, 0.2) is 0 Å². The molecule has 0 aliphatic carbocycles. The monoisotopic (exact) mass is 328 g/mol. The summed E-state index contributed by atoms with van der Waals surface area (Å²) in [5.74, 6) is -0.0149. The maximum Gasteiger partial charge on any atom is 0.305 e. The van der Waals surface area contributed by atoms with Gasteiger partial charge >= 0.3 is 5.97 Å². The molecule has 0 aromatic carbocycles. The number of ether oxygens (including phenoxy) is 1. The fraction of sp³-hybridized carbons (Fsp3) is 0.950. The first-order valence-electron chi connectivity index (χ1n) is 10.1. The van der Waals surface area contributed by atoms with Gasteiger partial charge in [0.2, 0.25) is 0 Å². The molecular weight excluding hydrogens is 288 g/mol. The normalized spacial score (nSPS) is 10.9. The minimum absolute atomic E-state index is 0.0149. The maximum atomic E-state index is 11.6. The Morgan fingerprint density at radius 1 is 0.696 bits per heavy atom. The van der Waals surface area contributed by atoms with Crippen LogP contribution in [-0.2, 0) is 9.53 Å². The molecule has 0 aliphatic heterocycles. The third-order valence-corrected chi connectivity index (χ3v) is 4.30. The summed E-state index contributed by atoms with van der Waals surface area (Å²) >= 11 is 0. The Hall–Kier alpha value is -0.570. The van der Waals surface area contributed by atoms with Crippen LogP contribution in [0.2, 0.25) is 0 Å². The molecule has 3 nitrogen and oxygen atoms in total. The minimum atomic E-state index is -0.0149. The van der Waals surface area contributed by atoms with E-state index in [4.69, 9.17) is 9.84 Å². The highest BCUT2D eigenvalue weighted by molar-refractivity contribution is 5.69. The van der Waals surface area contributed by atoms with Crippen molar-refractivity contribution in [3.8, 4) is 0 Å². The quantitative estimate of drug-likeness (QED) is 0.256. The lowest BCUT2D eigenvalue weighted by Crippen LogP contribution is -2.05. The van der Waals surface area contributed by atoms with Crippen LogP contribution in [-0.4, -0.2) is 24.3 Å². The van der Waals surface area contributed by atoms with Gasteiger partial charge in [-0.15, -0.1) is 0 Å². The molecule has 23 heavy (non-hydrogen) atoms. The zero-order chi connectivity index (χ0) is 17.0. The Kier molecular flexibility index (Phi) is 19.0. The molecular formula is C20H40O3. The van der Waals surface area contributed by atoms with Gasteiger partial charge in [0.25, 0.3) is 0 Å². The summed E-state index contributed by atoms with van der Waals surface area (Å²) in [5, 5.41) is 8.68. The molecule has 0 unspecified atom stereocenters. The van der Waals surface area contributed by atoms with E-state index in [1.807, 2.05) is 0 Å². The van der Waals surface area contributed by atoms with Gasteiger partial charge in [-0.1, -0.05) is 84.0 Å². The number of esters is 1. The van der Waals surface area contributed by atoms with E-state index in [1.54, 1.807) is 0 Å². The summed E-state index contributed by atoms with van der Waals surface area (Å²) in [5.41, 5.74) is 0. The number of aliphatic hydroxyl groups is 1. The van der Waals surface area contributed by atoms with Crippen molar-refractivity contribution in [3.63, 3.8) is 0 Å². The lowest BCUT2D eigenvalue weighted by Gasteiger charge is -2.05.